The molecule has 0 aliphatic carbocycles. The van der Waals surface area contributed by atoms with Crippen LogP contribution in [0.4, 0.5) is 0 Å². The van der Waals surface area contributed by atoms with E-state index in [1.807, 2.05) is 30.3 Å². The maximum Gasteiger partial charge on any atom is 0.339 e. The van der Waals surface area contributed by atoms with E-state index in [0.717, 1.165) is 5.56 Å². The maximum absolute atomic E-state index is 12.4. The van der Waals surface area contributed by atoms with Crippen LogP contribution in [-0.4, -0.2) is 43.9 Å². The fourth-order valence-electron chi connectivity index (χ4n) is 2.96. The molecule has 7 nitrogen and oxygen atoms in total. The van der Waals surface area contributed by atoms with Crippen molar-refractivity contribution >= 4 is 21.7 Å². The first kappa shape index (κ1) is 20.9. The van der Waals surface area contributed by atoms with Crippen LogP contribution in [0.3, 0.4) is 0 Å². The number of benzene rings is 2. The highest BCUT2D eigenvalue weighted by atomic mass is 32.2. The molecule has 1 N–H and O–H groups in total. The first-order valence-corrected chi connectivity index (χ1v) is 11.1. The lowest BCUT2D eigenvalue weighted by Crippen LogP contribution is -2.42. The van der Waals surface area contributed by atoms with Crippen molar-refractivity contribution in [3.8, 4) is 5.75 Å². The van der Waals surface area contributed by atoms with E-state index in [-0.39, 0.29) is 17.1 Å². The van der Waals surface area contributed by atoms with Crippen LogP contribution in [0, 0.1) is 0 Å². The van der Waals surface area contributed by atoms with E-state index >= 15 is 0 Å². The molecule has 2 atom stereocenters. The Kier molecular flexibility index (Phi) is 6.53. The molecule has 1 saturated heterocycles. The molecule has 0 aromatic heterocycles. The van der Waals surface area contributed by atoms with Crippen molar-refractivity contribution < 1.29 is 27.5 Å². The Balaban J connectivity index is 1.53. The number of nitrogens with one attached hydrogen (secondary N) is 1. The van der Waals surface area contributed by atoms with Gasteiger partial charge in [0.1, 0.15) is 12.4 Å². The van der Waals surface area contributed by atoms with Crippen LogP contribution in [0.25, 0.3) is 0 Å². The Bertz CT molecular complexity index is 974. The molecule has 0 spiro atoms. The molecule has 0 bridgehead atoms. The first-order valence-electron chi connectivity index (χ1n) is 9.31. The quantitative estimate of drug-likeness (QED) is 0.693. The van der Waals surface area contributed by atoms with Crippen molar-refractivity contribution in [2.24, 2.45) is 0 Å². The second-order valence-electron chi connectivity index (χ2n) is 6.96. The fourth-order valence-corrected chi connectivity index (χ4v) is 4.64. The van der Waals surface area contributed by atoms with Crippen LogP contribution >= 0.6 is 0 Å². The lowest BCUT2D eigenvalue weighted by molar-refractivity contribution is -0.129. The molecule has 3 rings (SSSR count). The third-order valence-electron chi connectivity index (χ3n) is 4.55. The Morgan fingerprint density at radius 1 is 1.14 bits per heavy atom. The standard InChI is InChI=1S/C21H23NO6S/c1-15(20(23)22-18-10-11-29(25,26)14-18)28-21(24)17-8-5-9-19(12-17)27-13-16-6-3-2-4-7-16/h2-9,12,15,18H,10-11,13-14H2,1H3,(H,22,23)/t15-,18+/m0/s1. The van der Waals surface area contributed by atoms with Gasteiger partial charge in [-0.3, -0.25) is 4.79 Å². The number of amides is 1. The van der Waals surface area contributed by atoms with E-state index in [1.165, 1.54) is 6.92 Å². The van der Waals surface area contributed by atoms with Crippen LogP contribution < -0.4 is 10.1 Å². The molecule has 2 aromatic carbocycles. The molecule has 1 heterocycles. The Hall–Kier alpha value is -2.87. The van der Waals surface area contributed by atoms with Gasteiger partial charge in [0, 0.05) is 6.04 Å². The molecule has 2 aromatic rings. The highest BCUT2D eigenvalue weighted by Gasteiger charge is 2.30. The number of hydrogen-bond acceptors (Lipinski definition) is 6. The topological polar surface area (TPSA) is 98.8 Å². The van der Waals surface area contributed by atoms with Gasteiger partial charge in [0.2, 0.25) is 0 Å². The summed E-state index contributed by atoms with van der Waals surface area (Å²) in [4.78, 5) is 24.6. The average Bonchev–Trinajstić information content (AvgIpc) is 3.05. The molecule has 1 aliphatic heterocycles. The van der Waals surface area contributed by atoms with E-state index in [4.69, 9.17) is 9.47 Å². The molecule has 0 saturated carbocycles. The van der Waals surface area contributed by atoms with Crippen molar-refractivity contribution in [3.05, 3.63) is 65.7 Å². The van der Waals surface area contributed by atoms with Gasteiger partial charge in [0.25, 0.3) is 5.91 Å². The summed E-state index contributed by atoms with van der Waals surface area (Å²) in [5.74, 6) is -0.687. The average molecular weight is 417 g/mol. The maximum atomic E-state index is 12.4. The number of hydrogen-bond donors (Lipinski definition) is 1. The number of esters is 1. The van der Waals surface area contributed by atoms with Crippen LogP contribution in [0.2, 0.25) is 0 Å². The third-order valence-corrected chi connectivity index (χ3v) is 6.32. The van der Waals surface area contributed by atoms with Crippen molar-refractivity contribution in [3.63, 3.8) is 0 Å². The highest BCUT2D eigenvalue weighted by molar-refractivity contribution is 7.91. The van der Waals surface area contributed by atoms with Crippen LogP contribution in [0.15, 0.2) is 54.6 Å². The molecule has 1 fully saturated rings. The predicted molar refractivity (Wildman–Crippen MR) is 107 cm³/mol. The minimum absolute atomic E-state index is 0.0574. The molecule has 1 amide bonds. The molecule has 0 radical (unpaired) electrons. The monoisotopic (exact) mass is 417 g/mol. The van der Waals surface area contributed by atoms with E-state index in [9.17, 15) is 18.0 Å². The number of carbonyl (C=O) groups excluding carboxylic acids is 2. The Labute approximate surface area is 169 Å². The first-order chi connectivity index (χ1) is 13.8. The van der Waals surface area contributed by atoms with Crippen molar-refractivity contribution in [1.29, 1.82) is 0 Å². The Morgan fingerprint density at radius 3 is 2.59 bits per heavy atom. The largest absolute Gasteiger partial charge is 0.489 e. The summed E-state index contributed by atoms with van der Waals surface area (Å²) in [6.07, 6.45) is -0.671. The van der Waals surface area contributed by atoms with Crippen molar-refractivity contribution in [1.82, 2.24) is 5.32 Å². The van der Waals surface area contributed by atoms with Crippen LogP contribution in [0.5, 0.6) is 5.75 Å². The minimum Gasteiger partial charge on any atom is -0.489 e. The van der Waals surface area contributed by atoms with Crippen LogP contribution in [0.1, 0.15) is 29.3 Å². The zero-order valence-electron chi connectivity index (χ0n) is 16.0. The molecule has 8 heteroatoms. The molecule has 29 heavy (non-hydrogen) atoms. The van der Waals surface area contributed by atoms with Crippen LogP contribution in [-0.2, 0) is 26.0 Å². The van der Waals surface area contributed by atoms with E-state index in [0.29, 0.717) is 18.8 Å². The SMILES string of the molecule is C[C@H](OC(=O)c1cccc(OCc2ccccc2)c1)C(=O)N[C@@H]1CCS(=O)(=O)C1. The molecule has 0 unspecified atom stereocenters. The minimum atomic E-state index is -3.10. The number of sulfone groups is 1. The zero-order chi connectivity index (χ0) is 20.9. The van der Waals surface area contributed by atoms with Gasteiger partial charge in [0.05, 0.1) is 17.1 Å². The van der Waals surface area contributed by atoms with Gasteiger partial charge in [0.15, 0.2) is 15.9 Å². The zero-order valence-corrected chi connectivity index (χ0v) is 16.9. The van der Waals surface area contributed by atoms with Gasteiger partial charge in [-0.2, -0.15) is 0 Å². The molecular weight excluding hydrogens is 394 g/mol. The summed E-state index contributed by atoms with van der Waals surface area (Å²) in [5.41, 5.74) is 1.26. The van der Waals surface area contributed by atoms with Gasteiger partial charge in [-0.15, -0.1) is 0 Å². The van der Waals surface area contributed by atoms with E-state index in [1.54, 1.807) is 24.3 Å². The van der Waals surface area contributed by atoms with Gasteiger partial charge >= 0.3 is 5.97 Å². The van der Waals surface area contributed by atoms with Gasteiger partial charge in [-0.25, -0.2) is 13.2 Å². The lowest BCUT2D eigenvalue weighted by Gasteiger charge is -2.16. The van der Waals surface area contributed by atoms with Gasteiger partial charge < -0.3 is 14.8 Å². The summed E-state index contributed by atoms with van der Waals surface area (Å²) in [7, 11) is -3.10. The number of ether oxygens (including phenoxy) is 2. The van der Waals surface area contributed by atoms with Gasteiger partial charge in [-0.05, 0) is 37.1 Å². The fraction of sp³-hybridized carbons (Fsp3) is 0.333. The van der Waals surface area contributed by atoms with Gasteiger partial charge in [-0.1, -0.05) is 36.4 Å². The third kappa shape index (κ3) is 6.05. The summed E-state index contributed by atoms with van der Waals surface area (Å²) >= 11 is 0. The summed E-state index contributed by atoms with van der Waals surface area (Å²) in [5, 5.41) is 2.62. The highest BCUT2D eigenvalue weighted by Crippen LogP contribution is 2.17. The molecule has 154 valence electrons. The smallest absolute Gasteiger partial charge is 0.339 e. The predicted octanol–water partition coefficient (Wildman–Crippen LogP) is 2.11. The summed E-state index contributed by atoms with van der Waals surface area (Å²) < 4.78 is 33.9. The second-order valence-corrected chi connectivity index (χ2v) is 9.19. The van der Waals surface area contributed by atoms with E-state index < -0.39 is 33.9 Å². The number of carbonyl (C=O) groups is 2. The Morgan fingerprint density at radius 2 is 1.90 bits per heavy atom. The lowest BCUT2D eigenvalue weighted by atomic mass is 10.2. The molecular formula is C21H23NO6S. The summed E-state index contributed by atoms with van der Waals surface area (Å²) in [6, 6.07) is 15.7. The molecule has 1 aliphatic rings. The normalized spacial score (nSPS) is 18.6. The second kappa shape index (κ2) is 9.09. The number of rotatable bonds is 7. The van der Waals surface area contributed by atoms with Crippen molar-refractivity contribution in [2.45, 2.75) is 32.1 Å². The van der Waals surface area contributed by atoms with Crippen molar-refractivity contribution in [2.75, 3.05) is 11.5 Å². The summed E-state index contributed by atoms with van der Waals surface area (Å²) in [6.45, 7) is 1.81. The van der Waals surface area contributed by atoms with E-state index in [2.05, 4.69) is 5.32 Å².